The van der Waals surface area contributed by atoms with Gasteiger partial charge in [0, 0.05) is 11.6 Å². The molecule has 0 saturated carbocycles. The second kappa shape index (κ2) is 5.84. The second-order valence-electron chi connectivity index (χ2n) is 6.12. The van der Waals surface area contributed by atoms with Gasteiger partial charge in [0.05, 0.1) is 0 Å². The lowest BCUT2D eigenvalue weighted by Crippen LogP contribution is -2.26. The third-order valence-corrected chi connectivity index (χ3v) is 3.78. The Morgan fingerprint density at radius 2 is 1.91 bits per heavy atom. The molecule has 0 aliphatic carbocycles. The summed E-state index contributed by atoms with van der Waals surface area (Å²) in [6.45, 7) is 6.11. The summed E-state index contributed by atoms with van der Waals surface area (Å²) in [5, 5.41) is 0. The van der Waals surface area contributed by atoms with Crippen LogP contribution in [0, 0.1) is 12.8 Å². The number of hydrogen-bond acceptors (Lipinski definition) is 3. The van der Waals surface area contributed by atoms with E-state index in [-0.39, 0.29) is 11.7 Å². The number of hydrogen-bond donors (Lipinski definition) is 0. The fourth-order valence-corrected chi connectivity index (χ4v) is 2.79. The normalized spacial score (nSPS) is 16.9. The van der Waals surface area contributed by atoms with Crippen molar-refractivity contribution in [3.05, 3.63) is 63.7 Å². The Labute approximate surface area is 130 Å². The third kappa shape index (κ3) is 2.84. The summed E-state index contributed by atoms with van der Waals surface area (Å²) in [5.74, 6) is 1.70. The van der Waals surface area contributed by atoms with Crippen molar-refractivity contribution in [2.24, 2.45) is 5.92 Å². The minimum absolute atomic E-state index is 0.0453. The van der Waals surface area contributed by atoms with Crippen LogP contribution >= 0.6 is 0 Å². The molecular formula is C19H20O3. The Hall–Kier alpha value is -2.29. The first-order chi connectivity index (χ1) is 10.5. The van der Waals surface area contributed by atoms with Gasteiger partial charge in [0.2, 0.25) is 0 Å². The Morgan fingerprint density at radius 3 is 2.59 bits per heavy atom. The summed E-state index contributed by atoms with van der Waals surface area (Å²) >= 11 is 0. The fraction of sp³-hybridized carbons (Fsp3) is 0.316. The summed E-state index contributed by atoms with van der Waals surface area (Å²) in [4.78, 5) is 12.1. The molecule has 0 saturated heterocycles. The van der Waals surface area contributed by atoms with Gasteiger partial charge in [0.1, 0.15) is 23.2 Å². The summed E-state index contributed by atoms with van der Waals surface area (Å²) in [5.41, 5.74) is 2.28. The molecule has 0 N–H and O–H groups in total. The van der Waals surface area contributed by atoms with Crippen molar-refractivity contribution in [1.82, 2.24) is 0 Å². The van der Waals surface area contributed by atoms with E-state index in [1.807, 2.05) is 36.4 Å². The van der Waals surface area contributed by atoms with Crippen molar-refractivity contribution in [3.8, 4) is 5.75 Å². The maximum absolute atomic E-state index is 12.1. The van der Waals surface area contributed by atoms with E-state index < -0.39 is 0 Å². The van der Waals surface area contributed by atoms with Crippen LogP contribution in [0.15, 0.2) is 45.6 Å². The first-order valence-corrected chi connectivity index (χ1v) is 7.63. The van der Waals surface area contributed by atoms with Crippen LogP contribution in [0.4, 0.5) is 0 Å². The van der Waals surface area contributed by atoms with Crippen molar-refractivity contribution in [2.45, 2.75) is 33.3 Å². The molecule has 1 aliphatic heterocycles. The van der Waals surface area contributed by atoms with Gasteiger partial charge >= 0.3 is 5.63 Å². The van der Waals surface area contributed by atoms with Crippen LogP contribution < -0.4 is 10.4 Å². The predicted octanol–water partition coefficient (Wildman–Crippen LogP) is 4.30. The molecule has 2 aromatic rings. The van der Waals surface area contributed by atoms with Crippen molar-refractivity contribution in [3.63, 3.8) is 0 Å². The molecule has 3 nitrogen and oxygen atoms in total. The molecule has 0 fully saturated rings. The van der Waals surface area contributed by atoms with Crippen molar-refractivity contribution in [1.29, 1.82) is 0 Å². The average molecular weight is 296 g/mol. The van der Waals surface area contributed by atoms with Gasteiger partial charge in [-0.05, 0) is 30.9 Å². The van der Waals surface area contributed by atoms with Crippen LogP contribution in [-0.4, -0.2) is 6.10 Å². The standard InChI is InChI=1S/C19H20O3/c1-12(2)9-17-15(14-7-5-4-6-8-14)11-16-18(22-17)10-13(3)21-19(16)20/h4-8,10-12,17H,9H2,1-3H3. The molecule has 1 aromatic carbocycles. The minimum atomic E-state index is -0.341. The number of benzene rings is 1. The maximum atomic E-state index is 12.1. The number of fused-ring (bicyclic) bond motifs is 1. The quantitative estimate of drug-likeness (QED) is 0.848. The lowest BCUT2D eigenvalue weighted by Gasteiger charge is -2.28. The molecule has 1 aromatic heterocycles. The van der Waals surface area contributed by atoms with E-state index in [0.29, 0.717) is 23.0 Å². The molecule has 3 rings (SSSR count). The van der Waals surface area contributed by atoms with Gasteiger partial charge in [-0.2, -0.15) is 0 Å². The van der Waals surface area contributed by atoms with E-state index >= 15 is 0 Å². The maximum Gasteiger partial charge on any atom is 0.347 e. The lowest BCUT2D eigenvalue weighted by molar-refractivity contribution is 0.222. The zero-order valence-electron chi connectivity index (χ0n) is 13.1. The largest absolute Gasteiger partial charge is 0.485 e. The smallest absolute Gasteiger partial charge is 0.347 e. The molecule has 0 amide bonds. The molecule has 22 heavy (non-hydrogen) atoms. The second-order valence-corrected chi connectivity index (χ2v) is 6.12. The Morgan fingerprint density at radius 1 is 1.18 bits per heavy atom. The Balaban J connectivity index is 2.13. The summed E-state index contributed by atoms with van der Waals surface area (Å²) < 4.78 is 11.3. The molecule has 3 heteroatoms. The van der Waals surface area contributed by atoms with Crippen LogP contribution in [-0.2, 0) is 0 Å². The van der Waals surface area contributed by atoms with Gasteiger partial charge in [-0.15, -0.1) is 0 Å². The molecule has 1 unspecified atom stereocenters. The van der Waals surface area contributed by atoms with E-state index in [2.05, 4.69) is 13.8 Å². The molecule has 114 valence electrons. The molecule has 1 aliphatic rings. The lowest BCUT2D eigenvalue weighted by atomic mass is 9.91. The van der Waals surface area contributed by atoms with E-state index in [0.717, 1.165) is 17.6 Å². The highest BCUT2D eigenvalue weighted by Crippen LogP contribution is 2.35. The molecule has 2 heterocycles. The Kier molecular flexibility index (Phi) is 3.88. The van der Waals surface area contributed by atoms with Gasteiger partial charge in [0.25, 0.3) is 0 Å². The van der Waals surface area contributed by atoms with Gasteiger partial charge < -0.3 is 9.15 Å². The molecule has 0 radical (unpaired) electrons. The van der Waals surface area contributed by atoms with Gasteiger partial charge in [-0.25, -0.2) is 4.79 Å². The van der Waals surface area contributed by atoms with Crippen LogP contribution in [0.25, 0.3) is 11.6 Å². The monoisotopic (exact) mass is 296 g/mol. The zero-order valence-corrected chi connectivity index (χ0v) is 13.1. The summed E-state index contributed by atoms with van der Waals surface area (Å²) in [7, 11) is 0. The fourth-order valence-electron chi connectivity index (χ4n) is 2.79. The van der Waals surface area contributed by atoms with E-state index in [1.165, 1.54) is 0 Å². The number of rotatable bonds is 3. The highest BCUT2D eigenvalue weighted by atomic mass is 16.5. The molecule has 1 atom stereocenters. The summed E-state index contributed by atoms with van der Waals surface area (Å²) in [6, 6.07) is 11.9. The first-order valence-electron chi connectivity index (χ1n) is 7.63. The average Bonchev–Trinajstić information content (AvgIpc) is 2.46. The van der Waals surface area contributed by atoms with Crippen molar-refractivity contribution in [2.75, 3.05) is 0 Å². The predicted molar refractivity (Wildman–Crippen MR) is 87.9 cm³/mol. The minimum Gasteiger partial charge on any atom is -0.485 e. The summed E-state index contributed by atoms with van der Waals surface area (Å²) in [6.07, 6.45) is 2.78. The van der Waals surface area contributed by atoms with E-state index in [4.69, 9.17) is 9.15 Å². The SMILES string of the molecule is Cc1cc2c(c(=O)o1)C=C(c1ccccc1)C(CC(C)C)O2. The molecular weight excluding hydrogens is 276 g/mol. The van der Waals surface area contributed by atoms with Crippen molar-refractivity contribution < 1.29 is 9.15 Å². The van der Waals surface area contributed by atoms with Crippen LogP contribution in [0.1, 0.15) is 37.2 Å². The van der Waals surface area contributed by atoms with Crippen LogP contribution in [0.5, 0.6) is 5.75 Å². The topological polar surface area (TPSA) is 39.4 Å². The zero-order chi connectivity index (χ0) is 15.7. The van der Waals surface area contributed by atoms with Crippen LogP contribution in [0.3, 0.4) is 0 Å². The Bertz CT molecular complexity index is 754. The number of aryl methyl sites for hydroxylation is 1. The third-order valence-electron chi connectivity index (χ3n) is 3.78. The van der Waals surface area contributed by atoms with E-state index in [9.17, 15) is 4.79 Å². The van der Waals surface area contributed by atoms with E-state index in [1.54, 1.807) is 13.0 Å². The van der Waals surface area contributed by atoms with Crippen LogP contribution in [0.2, 0.25) is 0 Å². The van der Waals surface area contributed by atoms with Gasteiger partial charge in [-0.3, -0.25) is 0 Å². The van der Waals surface area contributed by atoms with Gasteiger partial charge in [-0.1, -0.05) is 44.2 Å². The highest BCUT2D eigenvalue weighted by Gasteiger charge is 2.27. The first kappa shape index (κ1) is 14.6. The number of ether oxygens (including phenoxy) is 1. The highest BCUT2D eigenvalue weighted by molar-refractivity contribution is 5.86. The molecule has 0 spiro atoms. The molecule has 0 bridgehead atoms. The van der Waals surface area contributed by atoms with Gasteiger partial charge in [0.15, 0.2) is 0 Å². The van der Waals surface area contributed by atoms with Crippen molar-refractivity contribution >= 4 is 11.6 Å².